The molecule has 0 unspecified atom stereocenters. The first kappa shape index (κ1) is 23.3. The smallest absolute Gasteiger partial charge is 0.342 e. The Morgan fingerprint density at radius 1 is 1.07 bits per heavy atom. The number of piperidine rings is 1. The normalized spacial score (nSPS) is 21.0. The standard InChI is InChI=1S/C17H20F6N2O3S2/c18-16(19,20)12(17(21,22)23)10-13(26)24-6-3-15(11-24)4-7-25(8-5-15)30(27,28)14-2-1-9-29-14/h1-2,9,12H,3-8,10-11H2. The third-order valence-electron chi connectivity index (χ3n) is 5.83. The maximum absolute atomic E-state index is 12.7. The Hall–Kier alpha value is -1.34. The molecule has 1 aromatic rings. The minimum Gasteiger partial charge on any atom is -0.342 e. The molecule has 2 aliphatic rings. The minimum atomic E-state index is -5.55. The Bertz CT molecular complexity index is 845. The summed E-state index contributed by atoms with van der Waals surface area (Å²) in [7, 11) is -3.62. The maximum Gasteiger partial charge on any atom is 0.400 e. The first-order valence-electron chi connectivity index (χ1n) is 9.20. The van der Waals surface area contributed by atoms with E-state index in [1.807, 2.05) is 0 Å². The first-order chi connectivity index (χ1) is 13.7. The van der Waals surface area contributed by atoms with E-state index in [2.05, 4.69) is 0 Å². The van der Waals surface area contributed by atoms with Crippen molar-refractivity contribution in [3.8, 4) is 0 Å². The minimum absolute atomic E-state index is 0.0428. The lowest BCUT2D eigenvalue weighted by Crippen LogP contribution is -2.45. The van der Waals surface area contributed by atoms with Crippen LogP contribution in [0.15, 0.2) is 21.7 Å². The predicted molar refractivity (Wildman–Crippen MR) is 96.2 cm³/mol. The zero-order valence-corrected chi connectivity index (χ0v) is 17.3. The van der Waals surface area contributed by atoms with Crippen molar-refractivity contribution in [3.63, 3.8) is 0 Å². The van der Waals surface area contributed by atoms with Gasteiger partial charge in [-0.2, -0.15) is 30.6 Å². The molecule has 3 rings (SSSR count). The molecule has 170 valence electrons. The van der Waals surface area contributed by atoms with Gasteiger partial charge in [-0.05, 0) is 36.1 Å². The van der Waals surface area contributed by atoms with Gasteiger partial charge in [0.25, 0.3) is 10.0 Å². The number of hydrogen-bond donors (Lipinski definition) is 0. The predicted octanol–water partition coefficient (Wildman–Crippen LogP) is 3.88. The quantitative estimate of drug-likeness (QED) is 0.618. The van der Waals surface area contributed by atoms with E-state index in [0.29, 0.717) is 19.3 Å². The molecule has 13 heteroatoms. The summed E-state index contributed by atoms with van der Waals surface area (Å²) in [5, 5.41) is 1.65. The van der Waals surface area contributed by atoms with Crippen molar-refractivity contribution in [1.29, 1.82) is 0 Å². The van der Waals surface area contributed by atoms with Crippen molar-refractivity contribution < 1.29 is 39.6 Å². The van der Waals surface area contributed by atoms with Gasteiger partial charge in [0.1, 0.15) is 4.21 Å². The number of rotatable bonds is 4. The van der Waals surface area contributed by atoms with Gasteiger partial charge in [0.2, 0.25) is 5.91 Å². The van der Waals surface area contributed by atoms with Gasteiger partial charge >= 0.3 is 12.4 Å². The van der Waals surface area contributed by atoms with E-state index < -0.39 is 46.0 Å². The number of sulfonamides is 1. The number of carbonyl (C=O) groups is 1. The van der Waals surface area contributed by atoms with E-state index in [0.717, 1.165) is 16.2 Å². The summed E-state index contributed by atoms with van der Waals surface area (Å²) in [5.74, 6) is -4.87. The van der Waals surface area contributed by atoms with Crippen molar-refractivity contribution in [2.24, 2.45) is 11.3 Å². The molecular weight excluding hydrogens is 458 g/mol. The van der Waals surface area contributed by atoms with E-state index in [1.165, 1.54) is 10.4 Å². The number of halogens is 6. The maximum atomic E-state index is 12.7. The van der Waals surface area contributed by atoms with Crippen LogP contribution in [-0.4, -0.2) is 62.1 Å². The number of nitrogens with zero attached hydrogens (tertiary/aromatic N) is 2. The highest BCUT2D eigenvalue weighted by atomic mass is 32.2. The molecule has 0 aromatic carbocycles. The summed E-state index contributed by atoms with van der Waals surface area (Å²) in [5.41, 5.74) is -0.483. The van der Waals surface area contributed by atoms with Crippen LogP contribution in [0.2, 0.25) is 0 Å². The third kappa shape index (κ3) is 4.77. The van der Waals surface area contributed by atoms with Crippen molar-refractivity contribution in [2.75, 3.05) is 26.2 Å². The second kappa shape index (κ2) is 7.97. The van der Waals surface area contributed by atoms with Crippen LogP contribution >= 0.6 is 11.3 Å². The van der Waals surface area contributed by atoms with Crippen molar-refractivity contribution in [3.05, 3.63) is 17.5 Å². The number of thiophene rings is 1. The van der Waals surface area contributed by atoms with Crippen LogP contribution in [0.5, 0.6) is 0 Å². The average molecular weight is 478 g/mol. The Kier molecular flexibility index (Phi) is 6.20. The third-order valence-corrected chi connectivity index (χ3v) is 9.10. The van der Waals surface area contributed by atoms with Crippen LogP contribution in [-0.2, 0) is 14.8 Å². The summed E-state index contributed by atoms with van der Waals surface area (Å²) < 4.78 is 103. The van der Waals surface area contributed by atoms with Crippen LogP contribution in [0.25, 0.3) is 0 Å². The first-order valence-corrected chi connectivity index (χ1v) is 11.5. The number of alkyl halides is 6. The molecule has 30 heavy (non-hydrogen) atoms. The number of hydrogen-bond acceptors (Lipinski definition) is 4. The zero-order valence-electron chi connectivity index (χ0n) is 15.7. The van der Waals surface area contributed by atoms with Crippen LogP contribution in [0.1, 0.15) is 25.7 Å². The molecule has 2 aliphatic heterocycles. The van der Waals surface area contributed by atoms with E-state index in [1.54, 1.807) is 11.4 Å². The van der Waals surface area contributed by atoms with Gasteiger partial charge in [-0.3, -0.25) is 4.79 Å². The van der Waals surface area contributed by atoms with Gasteiger partial charge in [0.15, 0.2) is 5.92 Å². The van der Waals surface area contributed by atoms with Gasteiger partial charge in [-0.1, -0.05) is 6.07 Å². The number of likely N-dealkylation sites (tertiary alicyclic amines) is 1. The average Bonchev–Trinajstić information content (AvgIpc) is 3.29. The van der Waals surface area contributed by atoms with E-state index in [9.17, 15) is 39.6 Å². The summed E-state index contributed by atoms with van der Waals surface area (Å²) in [6, 6.07) is 3.12. The second-order valence-electron chi connectivity index (χ2n) is 7.74. The van der Waals surface area contributed by atoms with Gasteiger partial charge in [-0.25, -0.2) is 8.42 Å². The van der Waals surface area contributed by atoms with Crippen LogP contribution in [0.3, 0.4) is 0 Å². The summed E-state index contributed by atoms with van der Waals surface area (Å²) in [6.07, 6.45) is -11.6. The molecule has 2 saturated heterocycles. The summed E-state index contributed by atoms with van der Waals surface area (Å²) >= 11 is 1.09. The molecule has 1 spiro atoms. The molecule has 5 nitrogen and oxygen atoms in total. The molecular formula is C17H20F6N2O3S2. The van der Waals surface area contributed by atoms with E-state index in [4.69, 9.17) is 0 Å². The van der Waals surface area contributed by atoms with Gasteiger partial charge < -0.3 is 4.90 Å². The molecule has 1 aromatic heterocycles. The van der Waals surface area contributed by atoms with Crippen LogP contribution in [0, 0.1) is 11.3 Å². The molecule has 0 radical (unpaired) electrons. The van der Waals surface area contributed by atoms with E-state index in [-0.39, 0.29) is 30.4 Å². The van der Waals surface area contributed by atoms with Crippen molar-refractivity contribution in [2.45, 2.75) is 42.2 Å². The molecule has 2 fully saturated rings. The molecule has 0 aliphatic carbocycles. The molecule has 0 bridgehead atoms. The molecule has 0 atom stereocenters. The van der Waals surface area contributed by atoms with Crippen LogP contribution < -0.4 is 0 Å². The SMILES string of the molecule is O=C(CC(C(F)(F)F)C(F)(F)F)N1CCC2(CCN(S(=O)(=O)c3cccs3)CC2)C1. The molecule has 1 amide bonds. The number of amides is 1. The lowest BCUT2D eigenvalue weighted by molar-refractivity contribution is -0.284. The highest BCUT2D eigenvalue weighted by Crippen LogP contribution is 2.44. The highest BCUT2D eigenvalue weighted by Gasteiger charge is 2.58. The van der Waals surface area contributed by atoms with Gasteiger partial charge in [-0.15, -0.1) is 11.3 Å². The fourth-order valence-corrected chi connectivity index (χ4v) is 6.60. The highest BCUT2D eigenvalue weighted by molar-refractivity contribution is 7.91. The lowest BCUT2D eigenvalue weighted by atomic mass is 9.78. The molecule has 0 saturated carbocycles. The second-order valence-corrected chi connectivity index (χ2v) is 10.9. The molecule has 0 N–H and O–H groups in total. The van der Waals surface area contributed by atoms with E-state index >= 15 is 0 Å². The monoisotopic (exact) mass is 478 g/mol. The largest absolute Gasteiger partial charge is 0.400 e. The summed E-state index contributed by atoms with van der Waals surface area (Å²) in [6.45, 7) is 0.492. The van der Waals surface area contributed by atoms with Gasteiger partial charge in [0.05, 0.1) is 0 Å². The Balaban J connectivity index is 1.61. The zero-order chi connectivity index (χ0) is 22.4. The van der Waals surface area contributed by atoms with Gasteiger partial charge in [0, 0.05) is 32.6 Å². The number of carbonyl (C=O) groups excluding carboxylic acids is 1. The Morgan fingerprint density at radius 3 is 2.13 bits per heavy atom. The Morgan fingerprint density at radius 2 is 1.63 bits per heavy atom. The van der Waals surface area contributed by atoms with Crippen molar-refractivity contribution in [1.82, 2.24) is 9.21 Å². The fraction of sp³-hybridized carbons (Fsp3) is 0.706. The lowest BCUT2D eigenvalue weighted by Gasteiger charge is -2.38. The fourth-order valence-electron chi connectivity index (χ4n) is 4.02. The molecule has 3 heterocycles. The van der Waals surface area contributed by atoms with Crippen LogP contribution in [0.4, 0.5) is 26.3 Å². The topological polar surface area (TPSA) is 57.7 Å². The summed E-state index contributed by atoms with van der Waals surface area (Å²) in [4.78, 5) is 13.2. The Labute approximate surface area is 173 Å². The van der Waals surface area contributed by atoms with Crippen molar-refractivity contribution >= 4 is 27.3 Å².